The molecular formula is C6H14O5S. The molecule has 0 spiro atoms. The third-order valence-electron chi connectivity index (χ3n) is 1.70. The van der Waals surface area contributed by atoms with Crippen LogP contribution in [0.3, 0.4) is 0 Å². The second-order valence-corrected chi connectivity index (χ2v) is 4.56. The molecule has 74 valence electrons. The Bertz CT molecular complexity index is 232. The van der Waals surface area contributed by atoms with Gasteiger partial charge in [-0.05, 0) is 0 Å². The molecule has 0 saturated carbocycles. The Hall–Kier alpha value is -0.170. The summed E-state index contributed by atoms with van der Waals surface area (Å²) in [5.74, 6) is -0.632. The molecular weight excluding hydrogens is 184 g/mol. The van der Waals surface area contributed by atoms with Gasteiger partial charge in [-0.3, -0.25) is 4.55 Å². The van der Waals surface area contributed by atoms with Gasteiger partial charge < -0.3 is 9.84 Å². The van der Waals surface area contributed by atoms with Crippen molar-refractivity contribution in [2.45, 2.75) is 18.8 Å². The highest BCUT2D eigenvalue weighted by Crippen LogP contribution is 2.22. The Balaban J connectivity index is 4.89. The normalized spacial score (nSPS) is 17.8. The molecule has 0 aliphatic rings. The monoisotopic (exact) mass is 198 g/mol. The Labute approximate surface area is 72.1 Å². The number of hydrogen-bond acceptors (Lipinski definition) is 4. The van der Waals surface area contributed by atoms with Crippen molar-refractivity contribution in [3.63, 3.8) is 0 Å². The predicted octanol–water partition coefficient (Wildman–Crippen LogP) is -0.135. The van der Waals surface area contributed by atoms with Crippen molar-refractivity contribution >= 4 is 10.1 Å². The maximum atomic E-state index is 10.7. The highest BCUT2D eigenvalue weighted by molar-refractivity contribution is 7.87. The van der Waals surface area contributed by atoms with E-state index in [-0.39, 0.29) is 0 Å². The van der Waals surface area contributed by atoms with Crippen LogP contribution in [0.25, 0.3) is 0 Å². The standard InChI is InChI=1S/C6H14O5S/c1-5(2)6(7,4-11-3)12(8,9)10/h5,7H,4H2,1-3H3,(H,8,9,10). The number of hydrogen-bond donors (Lipinski definition) is 2. The number of rotatable bonds is 4. The van der Waals surface area contributed by atoms with Crippen molar-refractivity contribution in [1.29, 1.82) is 0 Å². The zero-order chi connectivity index (χ0) is 9.99. The van der Waals surface area contributed by atoms with Crippen LogP contribution in [0.2, 0.25) is 0 Å². The van der Waals surface area contributed by atoms with Gasteiger partial charge in [-0.15, -0.1) is 0 Å². The predicted molar refractivity (Wildman–Crippen MR) is 43.2 cm³/mol. The van der Waals surface area contributed by atoms with Crippen molar-refractivity contribution in [2.24, 2.45) is 5.92 Å². The average molecular weight is 198 g/mol. The molecule has 1 unspecified atom stereocenters. The van der Waals surface area contributed by atoms with Crippen molar-refractivity contribution in [3.05, 3.63) is 0 Å². The van der Waals surface area contributed by atoms with Gasteiger partial charge in [0.15, 0.2) is 0 Å². The maximum Gasteiger partial charge on any atom is 0.297 e. The first-order valence-electron chi connectivity index (χ1n) is 3.44. The number of methoxy groups -OCH3 is 1. The summed E-state index contributed by atoms with van der Waals surface area (Å²) in [6.07, 6.45) is 0. The van der Waals surface area contributed by atoms with Crippen LogP contribution in [-0.4, -0.2) is 36.7 Å². The fourth-order valence-corrected chi connectivity index (χ4v) is 1.61. The third-order valence-corrected chi connectivity index (χ3v) is 3.18. The largest absolute Gasteiger partial charge is 0.380 e. The molecule has 0 aliphatic carbocycles. The summed E-state index contributed by atoms with van der Waals surface area (Å²) < 4.78 is 34.6. The van der Waals surface area contributed by atoms with E-state index in [1.165, 1.54) is 21.0 Å². The quantitative estimate of drug-likeness (QED) is 0.614. The molecule has 0 bridgehead atoms. The minimum Gasteiger partial charge on any atom is -0.380 e. The van der Waals surface area contributed by atoms with E-state index in [2.05, 4.69) is 4.74 Å². The molecule has 5 nitrogen and oxygen atoms in total. The van der Waals surface area contributed by atoms with Gasteiger partial charge >= 0.3 is 0 Å². The van der Waals surface area contributed by atoms with Crippen LogP contribution in [0.15, 0.2) is 0 Å². The molecule has 0 saturated heterocycles. The van der Waals surface area contributed by atoms with Crippen LogP contribution in [0, 0.1) is 5.92 Å². The molecule has 0 aromatic carbocycles. The fraction of sp³-hybridized carbons (Fsp3) is 1.00. The summed E-state index contributed by atoms with van der Waals surface area (Å²) in [7, 11) is -3.25. The topological polar surface area (TPSA) is 83.8 Å². The summed E-state index contributed by atoms with van der Waals surface area (Å²) in [5, 5.41) is 9.46. The van der Waals surface area contributed by atoms with Crippen LogP contribution in [0.5, 0.6) is 0 Å². The minimum atomic E-state index is -4.50. The summed E-state index contributed by atoms with van der Waals surface area (Å²) in [6.45, 7) is 2.52. The Morgan fingerprint density at radius 2 is 1.92 bits per heavy atom. The van der Waals surface area contributed by atoms with Gasteiger partial charge in [-0.1, -0.05) is 13.8 Å². The lowest BCUT2D eigenvalue weighted by atomic mass is 10.1. The van der Waals surface area contributed by atoms with Crippen LogP contribution in [0.1, 0.15) is 13.8 Å². The van der Waals surface area contributed by atoms with Crippen molar-refractivity contribution in [3.8, 4) is 0 Å². The van der Waals surface area contributed by atoms with E-state index in [9.17, 15) is 13.5 Å². The molecule has 0 aromatic rings. The van der Waals surface area contributed by atoms with Gasteiger partial charge in [0.1, 0.15) is 0 Å². The van der Waals surface area contributed by atoms with E-state index >= 15 is 0 Å². The lowest BCUT2D eigenvalue weighted by Crippen LogP contribution is -2.47. The Kier molecular flexibility index (Phi) is 3.64. The van der Waals surface area contributed by atoms with E-state index < -0.39 is 27.6 Å². The fourth-order valence-electron chi connectivity index (χ4n) is 0.746. The molecule has 0 aromatic heterocycles. The van der Waals surface area contributed by atoms with Crippen LogP contribution < -0.4 is 0 Å². The summed E-state index contributed by atoms with van der Waals surface area (Å²) in [4.78, 5) is -2.21. The van der Waals surface area contributed by atoms with E-state index in [0.29, 0.717) is 0 Å². The first-order chi connectivity index (χ1) is 5.25. The highest BCUT2D eigenvalue weighted by atomic mass is 32.2. The van der Waals surface area contributed by atoms with E-state index in [4.69, 9.17) is 4.55 Å². The second kappa shape index (κ2) is 3.69. The lowest BCUT2D eigenvalue weighted by Gasteiger charge is -2.27. The second-order valence-electron chi connectivity index (χ2n) is 2.91. The molecule has 0 heterocycles. The third kappa shape index (κ3) is 2.16. The smallest absolute Gasteiger partial charge is 0.297 e. The van der Waals surface area contributed by atoms with Gasteiger partial charge in [0.2, 0.25) is 4.93 Å². The van der Waals surface area contributed by atoms with Gasteiger partial charge in [-0.2, -0.15) is 8.42 Å². The molecule has 0 amide bonds. The summed E-state index contributed by atoms with van der Waals surface area (Å²) in [6, 6.07) is 0. The molecule has 0 radical (unpaired) electrons. The summed E-state index contributed by atoms with van der Waals surface area (Å²) in [5.41, 5.74) is 0. The van der Waals surface area contributed by atoms with E-state index in [1.807, 2.05) is 0 Å². The SMILES string of the molecule is COCC(O)(C(C)C)S(=O)(=O)O. The average Bonchev–Trinajstić information content (AvgIpc) is 1.85. The molecule has 0 fully saturated rings. The van der Waals surface area contributed by atoms with Gasteiger partial charge in [-0.25, -0.2) is 0 Å². The van der Waals surface area contributed by atoms with E-state index in [0.717, 1.165) is 0 Å². The molecule has 1 atom stereocenters. The van der Waals surface area contributed by atoms with Gasteiger partial charge in [0, 0.05) is 13.0 Å². The lowest BCUT2D eigenvalue weighted by molar-refractivity contribution is -0.00584. The van der Waals surface area contributed by atoms with Crippen molar-refractivity contribution in [2.75, 3.05) is 13.7 Å². The molecule has 0 rings (SSSR count). The van der Waals surface area contributed by atoms with E-state index in [1.54, 1.807) is 0 Å². The van der Waals surface area contributed by atoms with Gasteiger partial charge in [0.25, 0.3) is 10.1 Å². The molecule has 12 heavy (non-hydrogen) atoms. The first-order valence-corrected chi connectivity index (χ1v) is 4.88. The molecule has 2 N–H and O–H groups in total. The zero-order valence-electron chi connectivity index (χ0n) is 7.31. The van der Waals surface area contributed by atoms with Crippen LogP contribution in [0.4, 0.5) is 0 Å². The number of ether oxygens (including phenoxy) is 1. The van der Waals surface area contributed by atoms with Crippen LogP contribution >= 0.6 is 0 Å². The van der Waals surface area contributed by atoms with Crippen molar-refractivity contribution < 1.29 is 22.8 Å². The number of aliphatic hydroxyl groups is 1. The molecule has 6 heteroatoms. The highest BCUT2D eigenvalue weighted by Gasteiger charge is 2.44. The summed E-state index contributed by atoms with van der Waals surface area (Å²) >= 11 is 0. The minimum absolute atomic E-state index is 0.441. The van der Waals surface area contributed by atoms with Gasteiger partial charge in [0.05, 0.1) is 6.61 Å². The molecule has 0 aliphatic heterocycles. The Morgan fingerprint density at radius 3 is 2.00 bits per heavy atom. The first kappa shape index (κ1) is 11.8. The van der Waals surface area contributed by atoms with Crippen LogP contribution in [-0.2, 0) is 14.9 Å². The zero-order valence-corrected chi connectivity index (χ0v) is 8.13. The Morgan fingerprint density at radius 1 is 1.50 bits per heavy atom. The maximum absolute atomic E-state index is 10.7. The van der Waals surface area contributed by atoms with Crippen molar-refractivity contribution in [1.82, 2.24) is 0 Å².